The molecule has 7 heteroatoms. The molecule has 0 bridgehead atoms. The van der Waals surface area contributed by atoms with Gasteiger partial charge in [-0.25, -0.2) is 4.98 Å². The fourth-order valence-electron chi connectivity index (χ4n) is 3.14. The number of anilines is 1. The van der Waals surface area contributed by atoms with Crippen molar-refractivity contribution in [3.05, 3.63) is 52.3 Å². The van der Waals surface area contributed by atoms with Crippen molar-refractivity contribution < 1.29 is 4.79 Å². The molecule has 2 heterocycles. The number of hydrogen-bond donors (Lipinski definition) is 2. The zero-order valence-corrected chi connectivity index (χ0v) is 15.4. The number of nitrogen functional groups attached to an aromatic ring is 1. The standard InChI is InChI=1S/C19H24N6O/c1-12-6-4-5-7-15(12)10-11-21-17(26)9-8-16-13(2)22-19-23-18(20)24-25(19)14(16)3/h4-7H,8-11H2,1-3H3,(H2,20,24)(H,21,26). The SMILES string of the molecule is Cc1ccccc1CCNC(=O)CCc1c(C)nc2nc(N)nn2c1C. The van der Waals surface area contributed by atoms with Gasteiger partial charge in [-0.1, -0.05) is 24.3 Å². The van der Waals surface area contributed by atoms with Crippen molar-refractivity contribution >= 4 is 17.6 Å². The number of aryl methyl sites for hydroxylation is 3. The van der Waals surface area contributed by atoms with Crippen LogP contribution in [0.1, 0.15) is 34.5 Å². The van der Waals surface area contributed by atoms with E-state index >= 15 is 0 Å². The monoisotopic (exact) mass is 352 g/mol. The Kier molecular flexibility index (Phi) is 5.16. The van der Waals surface area contributed by atoms with Crippen LogP contribution in [0.4, 0.5) is 5.95 Å². The first-order valence-electron chi connectivity index (χ1n) is 8.75. The number of nitrogens with zero attached hydrogens (tertiary/aromatic N) is 4. The fourth-order valence-corrected chi connectivity index (χ4v) is 3.14. The second-order valence-electron chi connectivity index (χ2n) is 6.47. The van der Waals surface area contributed by atoms with Gasteiger partial charge in [-0.3, -0.25) is 4.79 Å². The molecule has 26 heavy (non-hydrogen) atoms. The zero-order valence-electron chi connectivity index (χ0n) is 15.4. The number of nitrogens with two attached hydrogens (primary N) is 1. The van der Waals surface area contributed by atoms with Crippen LogP contribution in [0.5, 0.6) is 0 Å². The van der Waals surface area contributed by atoms with E-state index in [2.05, 4.69) is 39.4 Å². The predicted molar refractivity (Wildman–Crippen MR) is 101 cm³/mol. The topological polar surface area (TPSA) is 98.2 Å². The summed E-state index contributed by atoms with van der Waals surface area (Å²) in [4.78, 5) is 20.7. The zero-order chi connectivity index (χ0) is 18.7. The van der Waals surface area contributed by atoms with Crippen molar-refractivity contribution in [1.29, 1.82) is 0 Å². The smallest absolute Gasteiger partial charge is 0.254 e. The number of nitrogens with one attached hydrogen (secondary N) is 1. The number of rotatable bonds is 6. The van der Waals surface area contributed by atoms with E-state index in [1.165, 1.54) is 11.1 Å². The summed E-state index contributed by atoms with van der Waals surface area (Å²) >= 11 is 0. The van der Waals surface area contributed by atoms with Gasteiger partial charge in [-0.15, -0.1) is 5.10 Å². The van der Waals surface area contributed by atoms with Crippen molar-refractivity contribution in [3.8, 4) is 0 Å². The molecule has 0 spiro atoms. The van der Waals surface area contributed by atoms with Gasteiger partial charge < -0.3 is 11.1 Å². The highest BCUT2D eigenvalue weighted by molar-refractivity contribution is 5.76. The van der Waals surface area contributed by atoms with Crippen LogP contribution in [-0.4, -0.2) is 32.0 Å². The molecule has 7 nitrogen and oxygen atoms in total. The van der Waals surface area contributed by atoms with E-state index < -0.39 is 0 Å². The van der Waals surface area contributed by atoms with Crippen molar-refractivity contribution in [2.45, 2.75) is 40.0 Å². The number of benzene rings is 1. The molecule has 3 aromatic rings. The van der Waals surface area contributed by atoms with Gasteiger partial charge in [0, 0.05) is 24.4 Å². The second kappa shape index (κ2) is 7.51. The van der Waals surface area contributed by atoms with Gasteiger partial charge in [0.1, 0.15) is 0 Å². The predicted octanol–water partition coefficient (Wildman–Crippen LogP) is 1.92. The summed E-state index contributed by atoms with van der Waals surface area (Å²) in [6, 6.07) is 8.23. The van der Waals surface area contributed by atoms with Gasteiger partial charge in [-0.2, -0.15) is 9.50 Å². The first-order valence-corrected chi connectivity index (χ1v) is 8.75. The quantitative estimate of drug-likeness (QED) is 0.706. The van der Waals surface area contributed by atoms with Crippen molar-refractivity contribution in [2.75, 3.05) is 12.3 Å². The molecule has 0 unspecified atom stereocenters. The number of hydrogen-bond acceptors (Lipinski definition) is 5. The van der Waals surface area contributed by atoms with E-state index in [4.69, 9.17) is 5.73 Å². The Labute approximate surface area is 152 Å². The van der Waals surface area contributed by atoms with Crippen molar-refractivity contribution in [1.82, 2.24) is 24.9 Å². The minimum atomic E-state index is 0.0376. The first-order chi connectivity index (χ1) is 12.5. The molecule has 2 aromatic heterocycles. The van der Waals surface area contributed by atoms with E-state index in [1.807, 2.05) is 26.0 Å². The molecule has 136 valence electrons. The molecule has 3 N–H and O–H groups in total. The largest absolute Gasteiger partial charge is 0.366 e. The molecule has 1 amide bonds. The molecule has 0 atom stereocenters. The Balaban J connectivity index is 1.58. The van der Waals surface area contributed by atoms with Gasteiger partial charge in [0.25, 0.3) is 5.78 Å². The Hall–Kier alpha value is -2.96. The maximum atomic E-state index is 12.2. The lowest BCUT2D eigenvalue weighted by molar-refractivity contribution is -0.121. The van der Waals surface area contributed by atoms with E-state index in [9.17, 15) is 4.79 Å². The van der Waals surface area contributed by atoms with E-state index in [0.717, 1.165) is 23.4 Å². The van der Waals surface area contributed by atoms with Crippen LogP contribution in [0, 0.1) is 20.8 Å². The first kappa shape index (κ1) is 17.8. The molecule has 0 saturated heterocycles. The van der Waals surface area contributed by atoms with E-state index in [0.29, 0.717) is 25.2 Å². The van der Waals surface area contributed by atoms with Crippen molar-refractivity contribution in [3.63, 3.8) is 0 Å². The van der Waals surface area contributed by atoms with E-state index in [1.54, 1.807) is 4.52 Å². The third-order valence-corrected chi connectivity index (χ3v) is 4.65. The molecule has 0 radical (unpaired) electrons. The number of carbonyl (C=O) groups is 1. The minimum absolute atomic E-state index is 0.0376. The van der Waals surface area contributed by atoms with Crippen LogP contribution in [0.15, 0.2) is 24.3 Å². The van der Waals surface area contributed by atoms with Gasteiger partial charge in [0.05, 0.1) is 0 Å². The van der Waals surface area contributed by atoms with Crippen molar-refractivity contribution in [2.24, 2.45) is 0 Å². The number of amides is 1. The van der Waals surface area contributed by atoms with Gasteiger partial charge in [0.2, 0.25) is 11.9 Å². The lowest BCUT2D eigenvalue weighted by Gasteiger charge is -2.11. The maximum Gasteiger partial charge on any atom is 0.254 e. The van der Waals surface area contributed by atoms with Crippen LogP contribution in [0.3, 0.4) is 0 Å². The summed E-state index contributed by atoms with van der Waals surface area (Å²) in [6.45, 7) is 6.59. The molecule has 0 aliphatic rings. The summed E-state index contributed by atoms with van der Waals surface area (Å²) in [5, 5.41) is 7.15. The van der Waals surface area contributed by atoms with Gasteiger partial charge >= 0.3 is 0 Å². The third-order valence-electron chi connectivity index (χ3n) is 4.65. The Morgan fingerprint density at radius 3 is 2.69 bits per heavy atom. The van der Waals surface area contributed by atoms with E-state index in [-0.39, 0.29) is 11.9 Å². The van der Waals surface area contributed by atoms with Gasteiger partial charge in [0.15, 0.2) is 0 Å². The number of fused-ring (bicyclic) bond motifs is 1. The summed E-state index contributed by atoms with van der Waals surface area (Å²) < 4.78 is 1.63. The summed E-state index contributed by atoms with van der Waals surface area (Å²) in [5.41, 5.74) is 10.9. The fraction of sp³-hybridized carbons (Fsp3) is 0.368. The molecular formula is C19H24N6O. The summed E-state index contributed by atoms with van der Waals surface area (Å²) in [5.74, 6) is 0.727. The normalized spacial score (nSPS) is 11.0. The maximum absolute atomic E-state index is 12.2. The highest BCUT2D eigenvalue weighted by Gasteiger charge is 2.13. The van der Waals surface area contributed by atoms with Gasteiger partial charge in [-0.05, 0) is 50.3 Å². The lowest BCUT2D eigenvalue weighted by Crippen LogP contribution is -2.26. The number of aromatic nitrogens is 4. The Bertz CT molecular complexity index is 947. The molecule has 0 aliphatic carbocycles. The van der Waals surface area contributed by atoms with Crippen LogP contribution < -0.4 is 11.1 Å². The Morgan fingerprint density at radius 2 is 1.92 bits per heavy atom. The highest BCUT2D eigenvalue weighted by Crippen LogP contribution is 2.16. The average Bonchev–Trinajstić information content (AvgIpc) is 2.97. The van der Waals surface area contributed by atoms with Crippen LogP contribution in [-0.2, 0) is 17.6 Å². The average molecular weight is 352 g/mol. The molecule has 0 fully saturated rings. The minimum Gasteiger partial charge on any atom is -0.366 e. The lowest BCUT2D eigenvalue weighted by atomic mass is 10.1. The van der Waals surface area contributed by atoms with Crippen LogP contribution in [0.2, 0.25) is 0 Å². The highest BCUT2D eigenvalue weighted by atomic mass is 16.1. The van der Waals surface area contributed by atoms with Crippen LogP contribution in [0.25, 0.3) is 5.78 Å². The molecule has 3 rings (SSSR count). The number of carbonyl (C=O) groups excluding carboxylic acids is 1. The molecular weight excluding hydrogens is 328 g/mol. The molecule has 1 aromatic carbocycles. The summed E-state index contributed by atoms with van der Waals surface area (Å²) in [7, 11) is 0. The van der Waals surface area contributed by atoms with Crippen LogP contribution >= 0.6 is 0 Å². The second-order valence-corrected chi connectivity index (χ2v) is 6.47. The summed E-state index contributed by atoms with van der Waals surface area (Å²) in [6.07, 6.45) is 1.85. The third kappa shape index (κ3) is 3.82. The Morgan fingerprint density at radius 1 is 1.15 bits per heavy atom. The molecule has 0 saturated carbocycles. The molecule has 0 aliphatic heterocycles.